The smallest absolute Gasteiger partial charge is 0.216 e. The predicted octanol–water partition coefficient (Wildman–Crippen LogP) is 4.93. The van der Waals surface area contributed by atoms with Crippen molar-refractivity contribution in [1.82, 2.24) is 0 Å². The Morgan fingerprint density at radius 3 is 1.95 bits per heavy atom. The van der Waals surface area contributed by atoms with E-state index >= 15 is 0 Å². The molecule has 0 spiro atoms. The predicted molar refractivity (Wildman–Crippen MR) is 94.6 cm³/mol. The van der Waals surface area contributed by atoms with Crippen LogP contribution in [-0.2, 0) is 20.9 Å². The van der Waals surface area contributed by atoms with Gasteiger partial charge in [-0.15, -0.1) is 0 Å². The van der Waals surface area contributed by atoms with E-state index in [4.69, 9.17) is 20.9 Å². The van der Waals surface area contributed by atoms with E-state index in [0.29, 0.717) is 0 Å². The first kappa shape index (κ1) is 15.7. The van der Waals surface area contributed by atoms with E-state index in [1.807, 2.05) is 62.4 Å². The van der Waals surface area contributed by atoms with E-state index < -0.39 is 6.49 Å². The third-order valence-electron chi connectivity index (χ3n) is 3.80. The monoisotopic (exact) mass is 333 g/mol. The third-order valence-corrected chi connectivity index (χ3v) is 7.26. The van der Waals surface area contributed by atoms with Gasteiger partial charge in [-0.3, -0.25) is 0 Å². The molecule has 3 rings (SSSR count). The highest BCUT2D eigenvalue weighted by atomic mass is 32.5. The maximum Gasteiger partial charge on any atom is 0.216 e. The Bertz CT molecular complexity index is 651. The first-order valence-corrected chi connectivity index (χ1v) is 10.1. The topological polar surface area (TPSA) is 30.5 Å². The minimum absolute atomic E-state index is 0.0228. The van der Waals surface area contributed by atoms with Crippen molar-refractivity contribution < 1.29 is 9.05 Å². The van der Waals surface area contributed by atoms with Crippen molar-refractivity contribution in [2.75, 3.05) is 5.32 Å². The maximum absolute atomic E-state index is 6.09. The summed E-state index contributed by atoms with van der Waals surface area (Å²) in [6.07, 6.45) is 0.0456. The van der Waals surface area contributed by atoms with Gasteiger partial charge in [-0.05, 0) is 43.4 Å². The molecule has 0 amide bonds. The van der Waals surface area contributed by atoms with E-state index in [0.717, 1.165) is 11.3 Å². The van der Waals surface area contributed by atoms with Gasteiger partial charge in [0.2, 0.25) is 6.49 Å². The number of hydrogen-bond donors (Lipinski definition) is 1. The summed E-state index contributed by atoms with van der Waals surface area (Å²) in [5.74, 6) is -0.154. The van der Waals surface area contributed by atoms with Gasteiger partial charge < -0.3 is 14.4 Å². The van der Waals surface area contributed by atoms with Gasteiger partial charge in [-0.1, -0.05) is 48.5 Å². The lowest BCUT2D eigenvalue weighted by molar-refractivity contribution is 0.187. The third kappa shape index (κ3) is 3.26. The summed E-state index contributed by atoms with van der Waals surface area (Å²) < 4.78 is 12.2. The average molecular weight is 333 g/mol. The molecule has 0 bridgehead atoms. The summed E-state index contributed by atoms with van der Waals surface area (Å²) in [5.41, 5.74) is 2.11. The van der Waals surface area contributed by atoms with Gasteiger partial charge in [0.05, 0.1) is 12.2 Å². The van der Waals surface area contributed by atoms with Crippen molar-refractivity contribution in [3.8, 4) is 0 Å². The molecule has 1 unspecified atom stereocenters. The average Bonchev–Trinajstić information content (AvgIpc) is 2.80. The molecule has 0 radical (unpaired) electrons. The maximum atomic E-state index is 6.09. The molecule has 2 aromatic rings. The van der Waals surface area contributed by atoms with Gasteiger partial charge in [-0.25, -0.2) is 0 Å². The molecule has 0 saturated carbocycles. The lowest BCUT2D eigenvalue weighted by Crippen LogP contribution is -2.13. The van der Waals surface area contributed by atoms with Crippen LogP contribution in [0.15, 0.2) is 60.7 Å². The Labute approximate surface area is 136 Å². The molecule has 1 aliphatic heterocycles. The number of hydrogen-bond acceptors (Lipinski definition) is 4. The Morgan fingerprint density at radius 2 is 1.41 bits per heavy atom. The second-order valence-electron chi connectivity index (χ2n) is 5.48. The summed E-state index contributed by atoms with van der Waals surface area (Å²) in [6, 6.07) is 20.2. The quantitative estimate of drug-likeness (QED) is 0.804. The van der Waals surface area contributed by atoms with Gasteiger partial charge >= 0.3 is 0 Å². The SMILES string of the molecule is C[C@@H]1OP(=S)([C@H](Nc2ccccc2)c2ccccc2)O[C@@H]1C. The van der Waals surface area contributed by atoms with Crippen LogP contribution in [-0.4, -0.2) is 12.2 Å². The highest BCUT2D eigenvalue weighted by Crippen LogP contribution is 2.66. The highest BCUT2D eigenvalue weighted by molar-refractivity contribution is 8.10. The van der Waals surface area contributed by atoms with Crippen molar-refractivity contribution in [2.45, 2.75) is 31.8 Å². The molecule has 1 N–H and O–H groups in total. The van der Waals surface area contributed by atoms with Gasteiger partial charge in [0.1, 0.15) is 5.78 Å². The molecule has 1 aliphatic rings. The van der Waals surface area contributed by atoms with E-state index in [-0.39, 0.29) is 18.0 Å². The van der Waals surface area contributed by atoms with Crippen LogP contribution in [0.25, 0.3) is 0 Å². The fraction of sp³-hybridized carbons (Fsp3) is 0.294. The van der Waals surface area contributed by atoms with Crippen LogP contribution in [0.5, 0.6) is 0 Å². The Kier molecular flexibility index (Phi) is 4.65. The summed E-state index contributed by atoms with van der Waals surface area (Å²) in [6.45, 7) is 1.58. The van der Waals surface area contributed by atoms with Crippen LogP contribution in [0.2, 0.25) is 0 Å². The molecular weight excluding hydrogens is 313 g/mol. The standard InChI is InChI=1S/C17H20NO2PS/c1-13-14(2)20-21(22,19-13)17(15-9-5-3-6-10-15)18-16-11-7-4-8-12-16/h3-14,17-18H,1-2H3/t13-,14+,17-,21?/m0/s1. The number of nitrogens with one attached hydrogen (secondary N) is 1. The molecule has 1 heterocycles. The molecule has 5 heteroatoms. The fourth-order valence-corrected chi connectivity index (χ4v) is 6.20. The second-order valence-corrected chi connectivity index (χ2v) is 9.03. The molecule has 1 saturated heterocycles. The molecule has 0 aromatic heterocycles. The molecule has 2 aromatic carbocycles. The molecule has 4 atom stereocenters. The van der Waals surface area contributed by atoms with Gasteiger partial charge in [0.15, 0.2) is 0 Å². The molecular formula is C17H20NO2PS. The van der Waals surface area contributed by atoms with Crippen LogP contribution < -0.4 is 5.32 Å². The fourth-order valence-electron chi connectivity index (χ4n) is 2.45. The van der Waals surface area contributed by atoms with Gasteiger partial charge in [0, 0.05) is 5.69 Å². The van der Waals surface area contributed by atoms with Crippen molar-refractivity contribution in [3.63, 3.8) is 0 Å². The van der Waals surface area contributed by atoms with E-state index in [2.05, 4.69) is 17.4 Å². The number of anilines is 1. The molecule has 116 valence electrons. The molecule has 3 nitrogen and oxygen atoms in total. The minimum Gasteiger partial charge on any atom is -0.370 e. The summed E-state index contributed by atoms with van der Waals surface area (Å²) in [4.78, 5) is 0. The largest absolute Gasteiger partial charge is 0.370 e. The van der Waals surface area contributed by atoms with Crippen molar-refractivity contribution >= 4 is 24.0 Å². The molecule has 22 heavy (non-hydrogen) atoms. The highest BCUT2D eigenvalue weighted by Gasteiger charge is 2.42. The zero-order chi connectivity index (χ0) is 15.6. The first-order chi connectivity index (χ1) is 10.6. The van der Waals surface area contributed by atoms with Crippen LogP contribution in [0.1, 0.15) is 25.2 Å². The summed E-state index contributed by atoms with van der Waals surface area (Å²) >= 11 is 5.83. The van der Waals surface area contributed by atoms with Gasteiger partial charge in [0.25, 0.3) is 0 Å². The van der Waals surface area contributed by atoms with Crippen LogP contribution >= 0.6 is 6.49 Å². The number of rotatable bonds is 4. The normalized spacial score (nSPS) is 29.2. The van der Waals surface area contributed by atoms with Crippen LogP contribution in [0.3, 0.4) is 0 Å². The molecule has 1 fully saturated rings. The first-order valence-electron chi connectivity index (χ1n) is 7.41. The van der Waals surface area contributed by atoms with E-state index in [9.17, 15) is 0 Å². The zero-order valence-corrected chi connectivity index (χ0v) is 14.4. The summed E-state index contributed by atoms with van der Waals surface area (Å²) in [5, 5.41) is 3.51. The summed E-state index contributed by atoms with van der Waals surface area (Å²) in [7, 11) is 0. The van der Waals surface area contributed by atoms with Gasteiger partial charge in [-0.2, -0.15) is 0 Å². The molecule has 0 aliphatic carbocycles. The Hall–Kier alpha value is -1.19. The van der Waals surface area contributed by atoms with Crippen molar-refractivity contribution in [3.05, 3.63) is 66.2 Å². The van der Waals surface area contributed by atoms with Crippen molar-refractivity contribution in [2.24, 2.45) is 0 Å². The zero-order valence-electron chi connectivity index (χ0n) is 12.7. The van der Waals surface area contributed by atoms with Crippen molar-refractivity contribution in [1.29, 1.82) is 0 Å². The minimum atomic E-state index is -2.46. The second kappa shape index (κ2) is 6.51. The lowest BCUT2D eigenvalue weighted by atomic mass is 10.2. The number of para-hydroxylation sites is 1. The van der Waals surface area contributed by atoms with Crippen LogP contribution in [0, 0.1) is 0 Å². The Morgan fingerprint density at radius 1 is 0.909 bits per heavy atom. The van der Waals surface area contributed by atoms with E-state index in [1.54, 1.807) is 0 Å². The van der Waals surface area contributed by atoms with E-state index in [1.165, 1.54) is 0 Å². The number of benzene rings is 2. The van der Waals surface area contributed by atoms with Crippen LogP contribution in [0.4, 0.5) is 5.69 Å². The lowest BCUT2D eigenvalue weighted by Gasteiger charge is -2.28. The Balaban J connectivity index is 1.95.